The van der Waals surface area contributed by atoms with Crippen LogP contribution in [0.5, 0.6) is 0 Å². The first-order chi connectivity index (χ1) is 30.7. The lowest BCUT2D eigenvalue weighted by atomic mass is 9.92. The van der Waals surface area contributed by atoms with E-state index in [1.807, 2.05) is 24.3 Å². The van der Waals surface area contributed by atoms with E-state index in [0.717, 1.165) is 45.0 Å². The Hall–Kier alpha value is -8.45. The number of hydrogen-bond donors (Lipinski definition) is 0. The summed E-state index contributed by atoms with van der Waals surface area (Å²) < 4.78 is 2.36. The summed E-state index contributed by atoms with van der Waals surface area (Å²) in [6, 6.07) is 86.5. The Bertz CT molecular complexity index is 3360. The van der Waals surface area contributed by atoms with E-state index >= 15 is 0 Å². The summed E-state index contributed by atoms with van der Waals surface area (Å²) in [5.74, 6) is 0. The molecule has 0 saturated heterocycles. The Morgan fingerprint density at radius 3 is 1.13 bits per heavy atom. The zero-order valence-electron chi connectivity index (χ0n) is 33.9. The molecule has 0 aliphatic rings. The molecular weight excluding hydrogens is 751 g/mol. The van der Waals surface area contributed by atoms with Gasteiger partial charge in [-0.25, -0.2) is 0 Å². The fourth-order valence-electron chi connectivity index (χ4n) is 9.00. The highest BCUT2D eigenvalue weighted by atomic mass is 15.1. The van der Waals surface area contributed by atoms with E-state index in [9.17, 15) is 5.26 Å². The van der Waals surface area contributed by atoms with Gasteiger partial charge in [-0.2, -0.15) is 5.26 Å². The van der Waals surface area contributed by atoms with Crippen LogP contribution in [0.15, 0.2) is 237 Å². The number of rotatable bonds is 8. The highest BCUT2D eigenvalue weighted by molar-refractivity contribution is 6.09. The lowest BCUT2D eigenvalue weighted by Gasteiger charge is -2.26. The summed E-state index contributed by atoms with van der Waals surface area (Å²) in [5, 5.41) is 14.2. The molecule has 0 atom stereocenters. The predicted molar refractivity (Wildman–Crippen MR) is 259 cm³/mol. The first-order valence-corrected chi connectivity index (χ1v) is 21.0. The Balaban J connectivity index is 0.968. The first kappa shape index (κ1) is 36.6. The van der Waals surface area contributed by atoms with Crippen molar-refractivity contribution in [1.29, 1.82) is 5.26 Å². The van der Waals surface area contributed by atoms with Crippen molar-refractivity contribution in [2.45, 2.75) is 0 Å². The first-order valence-electron chi connectivity index (χ1n) is 21.0. The van der Waals surface area contributed by atoms with E-state index in [2.05, 4.69) is 228 Å². The van der Waals surface area contributed by atoms with E-state index in [1.54, 1.807) is 0 Å². The molecule has 11 rings (SSSR count). The van der Waals surface area contributed by atoms with Crippen molar-refractivity contribution in [3.05, 3.63) is 242 Å². The van der Waals surface area contributed by atoms with Crippen LogP contribution in [-0.2, 0) is 0 Å². The number of aromatic nitrogens is 1. The summed E-state index contributed by atoms with van der Waals surface area (Å²) in [7, 11) is 0. The third kappa shape index (κ3) is 6.57. The van der Waals surface area contributed by atoms with Gasteiger partial charge in [0.15, 0.2) is 0 Å². The molecule has 0 unspecified atom stereocenters. The number of para-hydroxylation sites is 2. The number of benzene rings is 10. The second-order valence-corrected chi connectivity index (χ2v) is 15.7. The molecule has 0 aliphatic heterocycles. The van der Waals surface area contributed by atoms with Crippen molar-refractivity contribution in [1.82, 2.24) is 4.57 Å². The maximum atomic E-state index is 9.22. The maximum absolute atomic E-state index is 9.22. The molecule has 0 bridgehead atoms. The largest absolute Gasteiger partial charge is 0.311 e. The highest BCUT2D eigenvalue weighted by Crippen LogP contribution is 2.41. The van der Waals surface area contributed by atoms with Crippen LogP contribution in [0.25, 0.3) is 82.8 Å². The third-order valence-corrected chi connectivity index (χ3v) is 12.1. The van der Waals surface area contributed by atoms with Gasteiger partial charge in [-0.05, 0) is 128 Å². The molecule has 11 aromatic rings. The van der Waals surface area contributed by atoms with Gasteiger partial charge in [-0.15, -0.1) is 0 Å². The van der Waals surface area contributed by atoms with Gasteiger partial charge in [0.05, 0.1) is 22.7 Å². The molecule has 62 heavy (non-hydrogen) atoms. The maximum Gasteiger partial charge on any atom is 0.0991 e. The van der Waals surface area contributed by atoms with E-state index < -0.39 is 0 Å². The normalized spacial score (nSPS) is 11.2. The predicted octanol–water partition coefficient (Wildman–Crippen LogP) is 15.9. The van der Waals surface area contributed by atoms with Crippen molar-refractivity contribution in [3.63, 3.8) is 0 Å². The van der Waals surface area contributed by atoms with Gasteiger partial charge in [0, 0.05) is 33.5 Å². The van der Waals surface area contributed by atoms with Crippen molar-refractivity contribution in [2.24, 2.45) is 0 Å². The number of anilines is 3. The molecule has 1 heterocycles. The highest BCUT2D eigenvalue weighted by Gasteiger charge is 2.17. The molecule has 0 aliphatic carbocycles. The minimum Gasteiger partial charge on any atom is -0.311 e. The van der Waals surface area contributed by atoms with Gasteiger partial charge < -0.3 is 9.47 Å². The molecule has 1 aromatic heterocycles. The van der Waals surface area contributed by atoms with Gasteiger partial charge in [-0.3, -0.25) is 0 Å². The second kappa shape index (κ2) is 15.6. The molecule has 0 fully saturated rings. The Morgan fingerprint density at radius 1 is 0.306 bits per heavy atom. The minimum absolute atomic E-state index is 0.664. The van der Waals surface area contributed by atoms with Crippen LogP contribution < -0.4 is 4.90 Å². The molecule has 3 heteroatoms. The summed E-state index contributed by atoms with van der Waals surface area (Å²) in [6.07, 6.45) is 0. The number of nitriles is 1. The summed E-state index contributed by atoms with van der Waals surface area (Å²) in [6.45, 7) is 0. The smallest absolute Gasteiger partial charge is 0.0991 e. The van der Waals surface area contributed by atoms with Crippen LogP contribution in [0, 0.1) is 11.3 Å². The van der Waals surface area contributed by atoms with Gasteiger partial charge in [0.25, 0.3) is 0 Å². The molecule has 0 spiro atoms. The van der Waals surface area contributed by atoms with Gasteiger partial charge >= 0.3 is 0 Å². The standard InChI is InChI=1S/C59H39N3/c60-40-41-18-20-42(21-19-41)43-22-24-44(25-23-43)45-26-30-48(31-27-45)61(50-34-36-51(37-35-50)62-58-16-8-6-14-56(58)57-15-7-9-17-59(57)62)49-32-28-47(29-33-49)53-39-38-52(46-10-2-1-3-11-46)54-12-4-5-13-55(53)54/h1-39H. The number of fused-ring (bicyclic) bond motifs is 4. The topological polar surface area (TPSA) is 32.0 Å². The fourth-order valence-corrected chi connectivity index (χ4v) is 9.00. The fraction of sp³-hybridized carbons (Fsp3) is 0. The summed E-state index contributed by atoms with van der Waals surface area (Å²) in [5.41, 5.74) is 16.7. The molecule has 3 nitrogen and oxygen atoms in total. The van der Waals surface area contributed by atoms with Gasteiger partial charge in [-0.1, -0.05) is 164 Å². The summed E-state index contributed by atoms with van der Waals surface area (Å²) in [4.78, 5) is 2.34. The van der Waals surface area contributed by atoms with Crippen LogP contribution >= 0.6 is 0 Å². The Morgan fingerprint density at radius 2 is 0.661 bits per heavy atom. The van der Waals surface area contributed by atoms with Crippen LogP contribution in [0.3, 0.4) is 0 Å². The van der Waals surface area contributed by atoms with Crippen LogP contribution in [-0.4, -0.2) is 4.57 Å². The molecule has 0 saturated carbocycles. The van der Waals surface area contributed by atoms with E-state index in [0.29, 0.717) is 5.56 Å². The SMILES string of the molecule is N#Cc1ccc(-c2ccc(-c3ccc(N(c4ccc(-c5ccc(-c6ccccc6)c6ccccc56)cc4)c4ccc(-n5c6ccccc6c6ccccc65)cc4)cc3)cc2)cc1. The van der Waals surface area contributed by atoms with Crippen LogP contribution in [0.2, 0.25) is 0 Å². The van der Waals surface area contributed by atoms with E-state index in [-0.39, 0.29) is 0 Å². The minimum atomic E-state index is 0.664. The average Bonchev–Trinajstić information content (AvgIpc) is 3.69. The summed E-state index contributed by atoms with van der Waals surface area (Å²) >= 11 is 0. The Kier molecular flexibility index (Phi) is 9.23. The molecule has 0 radical (unpaired) electrons. The monoisotopic (exact) mass is 789 g/mol. The zero-order valence-corrected chi connectivity index (χ0v) is 33.9. The molecule has 0 amide bonds. The Labute approximate surface area is 361 Å². The quantitative estimate of drug-likeness (QED) is 0.154. The van der Waals surface area contributed by atoms with Crippen LogP contribution in [0.1, 0.15) is 5.56 Å². The zero-order chi connectivity index (χ0) is 41.4. The van der Waals surface area contributed by atoms with Crippen molar-refractivity contribution >= 4 is 49.6 Å². The van der Waals surface area contributed by atoms with Crippen molar-refractivity contribution < 1.29 is 0 Å². The van der Waals surface area contributed by atoms with Gasteiger partial charge in [0.1, 0.15) is 0 Å². The van der Waals surface area contributed by atoms with Crippen LogP contribution in [0.4, 0.5) is 17.1 Å². The molecule has 0 N–H and O–H groups in total. The number of hydrogen-bond acceptors (Lipinski definition) is 2. The average molecular weight is 790 g/mol. The number of nitrogens with zero attached hydrogens (tertiary/aromatic N) is 3. The lowest BCUT2D eigenvalue weighted by molar-refractivity contribution is 1.17. The lowest BCUT2D eigenvalue weighted by Crippen LogP contribution is -2.10. The van der Waals surface area contributed by atoms with E-state index in [4.69, 9.17) is 0 Å². The molecular formula is C59H39N3. The molecule has 10 aromatic carbocycles. The third-order valence-electron chi connectivity index (χ3n) is 12.1. The van der Waals surface area contributed by atoms with E-state index in [1.165, 1.54) is 54.8 Å². The van der Waals surface area contributed by atoms with Crippen molar-refractivity contribution in [2.75, 3.05) is 4.90 Å². The van der Waals surface area contributed by atoms with Gasteiger partial charge in [0.2, 0.25) is 0 Å². The molecule has 290 valence electrons. The second-order valence-electron chi connectivity index (χ2n) is 15.7. The van der Waals surface area contributed by atoms with Crippen molar-refractivity contribution in [3.8, 4) is 56.3 Å².